The largest absolute Gasteiger partial charge is 0.496 e. The second-order valence-corrected chi connectivity index (χ2v) is 4.87. The Balaban J connectivity index is 2.59. The van der Waals surface area contributed by atoms with Crippen LogP contribution in [0.25, 0.3) is 0 Å². The summed E-state index contributed by atoms with van der Waals surface area (Å²) in [6, 6.07) is 10.6. The van der Waals surface area contributed by atoms with E-state index in [4.69, 9.17) is 4.74 Å². The van der Waals surface area contributed by atoms with E-state index in [9.17, 15) is 4.39 Å². The maximum absolute atomic E-state index is 14.0. The third-order valence-electron chi connectivity index (χ3n) is 3.73. The van der Waals surface area contributed by atoms with Crippen molar-refractivity contribution in [3.8, 4) is 5.75 Å². The van der Waals surface area contributed by atoms with Gasteiger partial charge in [-0.05, 0) is 38.1 Å². The van der Waals surface area contributed by atoms with Crippen LogP contribution in [0.2, 0.25) is 0 Å². The maximum atomic E-state index is 14.0. The van der Waals surface area contributed by atoms with Gasteiger partial charge in [0.05, 0.1) is 13.2 Å². The molecule has 0 amide bonds. The number of methoxy groups -OCH3 is 1. The van der Waals surface area contributed by atoms with Crippen molar-refractivity contribution in [1.29, 1.82) is 0 Å². The number of aryl methyl sites for hydroxylation is 1. The van der Waals surface area contributed by atoms with Crippen LogP contribution in [0.5, 0.6) is 5.75 Å². The zero-order valence-corrected chi connectivity index (χ0v) is 12.3. The van der Waals surface area contributed by atoms with E-state index in [0.717, 1.165) is 22.4 Å². The molecule has 0 spiro atoms. The van der Waals surface area contributed by atoms with Crippen LogP contribution < -0.4 is 10.1 Å². The van der Waals surface area contributed by atoms with Gasteiger partial charge in [-0.25, -0.2) is 4.39 Å². The Morgan fingerprint density at radius 3 is 2.35 bits per heavy atom. The minimum absolute atomic E-state index is 0.216. The van der Waals surface area contributed by atoms with Crippen molar-refractivity contribution < 1.29 is 9.13 Å². The molecule has 0 heterocycles. The van der Waals surface area contributed by atoms with Crippen molar-refractivity contribution in [2.45, 2.75) is 19.9 Å². The van der Waals surface area contributed by atoms with Gasteiger partial charge in [0.1, 0.15) is 11.6 Å². The van der Waals surface area contributed by atoms with Gasteiger partial charge in [0.15, 0.2) is 0 Å². The molecule has 1 unspecified atom stereocenters. The Kier molecular flexibility index (Phi) is 4.40. The van der Waals surface area contributed by atoms with Crippen LogP contribution in [0.3, 0.4) is 0 Å². The highest BCUT2D eigenvalue weighted by Gasteiger charge is 2.21. The summed E-state index contributed by atoms with van der Waals surface area (Å²) in [5, 5.41) is 3.18. The van der Waals surface area contributed by atoms with E-state index < -0.39 is 0 Å². The second kappa shape index (κ2) is 6.06. The van der Waals surface area contributed by atoms with Gasteiger partial charge in [0, 0.05) is 11.1 Å². The van der Waals surface area contributed by atoms with E-state index in [1.807, 2.05) is 39.1 Å². The van der Waals surface area contributed by atoms with Crippen molar-refractivity contribution in [2.75, 3.05) is 14.2 Å². The minimum Gasteiger partial charge on any atom is -0.496 e. The summed E-state index contributed by atoms with van der Waals surface area (Å²) >= 11 is 0. The van der Waals surface area contributed by atoms with Gasteiger partial charge in [0.25, 0.3) is 0 Å². The summed E-state index contributed by atoms with van der Waals surface area (Å²) in [5.74, 6) is 0.597. The van der Waals surface area contributed by atoms with Gasteiger partial charge < -0.3 is 10.1 Å². The van der Waals surface area contributed by atoms with Crippen LogP contribution in [0.15, 0.2) is 36.4 Å². The first-order valence-electron chi connectivity index (χ1n) is 6.66. The van der Waals surface area contributed by atoms with Crippen LogP contribution in [0.4, 0.5) is 4.39 Å². The van der Waals surface area contributed by atoms with Gasteiger partial charge in [-0.2, -0.15) is 0 Å². The number of nitrogens with one attached hydrogen (secondary N) is 1. The van der Waals surface area contributed by atoms with E-state index in [1.54, 1.807) is 19.2 Å². The molecule has 0 aromatic heterocycles. The molecule has 106 valence electrons. The lowest BCUT2D eigenvalue weighted by Crippen LogP contribution is -2.20. The Bertz CT molecular complexity index is 610. The molecule has 2 aromatic rings. The molecule has 0 aliphatic heterocycles. The number of benzene rings is 2. The van der Waals surface area contributed by atoms with Crippen LogP contribution in [0, 0.1) is 19.7 Å². The number of halogens is 1. The highest BCUT2D eigenvalue weighted by Crippen LogP contribution is 2.34. The minimum atomic E-state index is -0.231. The SMILES string of the molecule is CNC(c1ccccc1F)c1ccc(C)c(C)c1OC. The van der Waals surface area contributed by atoms with E-state index >= 15 is 0 Å². The zero-order valence-electron chi connectivity index (χ0n) is 12.3. The van der Waals surface area contributed by atoms with Crippen LogP contribution in [-0.4, -0.2) is 14.2 Å². The molecule has 20 heavy (non-hydrogen) atoms. The van der Waals surface area contributed by atoms with Gasteiger partial charge in [-0.1, -0.05) is 30.3 Å². The fourth-order valence-electron chi connectivity index (χ4n) is 2.50. The molecule has 0 aliphatic rings. The van der Waals surface area contributed by atoms with Crippen molar-refractivity contribution >= 4 is 0 Å². The molecule has 0 saturated carbocycles. The molecule has 2 rings (SSSR count). The van der Waals surface area contributed by atoms with Crippen LogP contribution in [-0.2, 0) is 0 Å². The third-order valence-corrected chi connectivity index (χ3v) is 3.73. The van der Waals surface area contributed by atoms with Crippen molar-refractivity contribution in [3.05, 3.63) is 64.5 Å². The van der Waals surface area contributed by atoms with Crippen molar-refractivity contribution in [3.63, 3.8) is 0 Å². The van der Waals surface area contributed by atoms with Crippen LogP contribution in [0.1, 0.15) is 28.3 Å². The summed E-state index contributed by atoms with van der Waals surface area (Å²) < 4.78 is 19.6. The monoisotopic (exact) mass is 273 g/mol. The molecule has 3 heteroatoms. The highest BCUT2D eigenvalue weighted by molar-refractivity contribution is 5.49. The Hall–Kier alpha value is -1.87. The predicted molar refractivity (Wildman–Crippen MR) is 79.8 cm³/mol. The number of hydrogen-bond acceptors (Lipinski definition) is 2. The lowest BCUT2D eigenvalue weighted by molar-refractivity contribution is 0.401. The quantitative estimate of drug-likeness (QED) is 0.915. The number of hydrogen-bond donors (Lipinski definition) is 1. The lowest BCUT2D eigenvalue weighted by Gasteiger charge is -2.22. The molecular weight excluding hydrogens is 253 g/mol. The Morgan fingerprint density at radius 1 is 1.05 bits per heavy atom. The predicted octanol–water partition coefficient (Wildman–Crippen LogP) is 3.76. The molecule has 0 saturated heterocycles. The molecule has 0 fully saturated rings. The van der Waals surface area contributed by atoms with E-state index in [-0.39, 0.29) is 11.9 Å². The van der Waals surface area contributed by atoms with Gasteiger partial charge in [-0.3, -0.25) is 0 Å². The smallest absolute Gasteiger partial charge is 0.128 e. The fourth-order valence-corrected chi connectivity index (χ4v) is 2.50. The molecule has 2 aromatic carbocycles. The molecule has 0 radical (unpaired) electrons. The van der Waals surface area contributed by atoms with E-state index in [1.165, 1.54) is 6.07 Å². The Morgan fingerprint density at radius 2 is 1.75 bits per heavy atom. The molecular formula is C17H20FNO. The van der Waals surface area contributed by atoms with Gasteiger partial charge >= 0.3 is 0 Å². The Labute approximate surface area is 119 Å². The van der Waals surface area contributed by atoms with E-state index in [2.05, 4.69) is 5.32 Å². The first kappa shape index (κ1) is 14.5. The topological polar surface area (TPSA) is 21.3 Å². The van der Waals surface area contributed by atoms with Crippen molar-refractivity contribution in [2.24, 2.45) is 0 Å². The molecule has 2 nitrogen and oxygen atoms in total. The number of rotatable bonds is 4. The maximum Gasteiger partial charge on any atom is 0.128 e. The zero-order chi connectivity index (χ0) is 14.7. The average Bonchev–Trinajstić information content (AvgIpc) is 2.45. The summed E-state index contributed by atoms with van der Waals surface area (Å²) in [6.07, 6.45) is 0. The first-order valence-corrected chi connectivity index (χ1v) is 6.66. The molecule has 0 aliphatic carbocycles. The van der Waals surface area contributed by atoms with Crippen LogP contribution >= 0.6 is 0 Å². The molecule has 1 N–H and O–H groups in total. The molecule has 0 bridgehead atoms. The third kappa shape index (κ3) is 2.54. The number of ether oxygens (including phenoxy) is 1. The standard InChI is InChI=1S/C17H20FNO/c1-11-9-10-14(17(20-4)12(11)2)16(19-3)13-7-5-6-8-15(13)18/h5-10,16,19H,1-4H3. The summed E-state index contributed by atoms with van der Waals surface area (Å²) in [5.41, 5.74) is 3.82. The highest BCUT2D eigenvalue weighted by atomic mass is 19.1. The first-order chi connectivity index (χ1) is 9.60. The lowest BCUT2D eigenvalue weighted by atomic mass is 9.94. The summed E-state index contributed by atoms with van der Waals surface area (Å²) in [4.78, 5) is 0. The summed E-state index contributed by atoms with van der Waals surface area (Å²) in [6.45, 7) is 4.06. The fraction of sp³-hybridized carbons (Fsp3) is 0.294. The van der Waals surface area contributed by atoms with Gasteiger partial charge in [-0.15, -0.1) is 0 Å². The molecule has 1 atom stereocenters. The second-order valence-electron chi connectivity index (χ2n) is 4.87. The normalized spacial score (nSPS) is 12.2. The van der Waals surface area contributed by atoms with Crippen molar-refractivity contribution in [1.82, 2.24) is 5.32 Å². The summed E-state index contributed by atoms with van der Waals surface area (Å²) in [7, 11) is 3.48. The van der Waals surface area contributed by atoms with Gasteiger partial charge in [0.2, 0.25) is 0 Å². The average molecular weight is 273 g/mol. The van der Waals surface area contributed by atoms with E-state index in [0.29, 0.717) is 5.56 Å².